The summed E-state index contributed by atoms with van der Waals surface area (Å²) in [7, 11) is -0.777. The van der Waals surface area contributed by atoms with Gasteiger partial charge in [0.2, 0.25) is 0 Å². The fourth-order valence-corrected chi connectivity index (χ4v) is 2.29. The van der Waals surface area contributed by atoms with Crippen LogP contribution in [0, 0.1) is 5.82 Å². The van der Waals surface area contributed by atoms with Crippen molar-refractivity contribution in [1.82, 2.24) is 5.32 Å². The van der Waals surface area contributed by atoms with Crippen molar-refractivity contribution in [2.75, 3.05) is 12.0 Å². The van der Waals surface area contributed by atoms with E-state index in [1.807, 2.05) is 6.92 Å². The van der Waals surface area contributed by atoms with E-state index in [9.17, 15) is 8.60 Å². The predicted octanol–water partition coefficient (Wildman–Crippen LogP) is 2.73. The number of hydrogen-bond donors (Lipinski definition) is 1. The van der Waals surface area contributed by atoms with Crippen LogP contribution in [0.4, 0.5) is 4.39 Å². The highest BCUT2D eigenvalue weighted by atomic mass is 35.5. The molecule has 0 aliphatic heterocycles. The molecule has 0 aliphatic carbocycles. The van der Waals surface area contributed by atoms with Crippen molar-refractivity contribution < 1.29 is 8.60 Å². The quantitative estimate of drug-likeness (QED) is 0.866. The molecule has 2 atom stereocenters. The summed E-state index contributed by atoms with van der Waals surface area (Å²) in [4.78, 5) is 0. The average molecular weight is 278 g/mol. The van der Waals surface area contributed by atoms with Gasteiger partial charge in [-0.25, -0.2) is 4.39 Å². The molecule has 96 valence electrons. The van der Waals surface area contributed by atoms with E-state index in [1.165, 1.54) is 12.1 Å². The molecule has 0 amide bonds. The Kier molecular flexibility index (Phi) is 6.09. The lowest BCUT2D eigenvalue weighted by molar-refractivity contribution is 0.517. The molecule has 2 unspecified atom stereocenters. The molecule has 0 radical (unpaired) electrons. The Balaban J connectivity index is 2.44. The predicted molar refractivity (Wildman–Crippen MR) is 71.3 cm³/mol. The lowest BCUT2D eigenvalue weighted by Gasteiger charge is -2.13. The number of hydrogen-bond acceptors (Lipinski definition) is 2. The largest absolute Gasteiger partial charge is 0.310 e. The van der Waals surface area contributed by atoms with Gasteiger partial charge in [0.05, 0.1) is 0 Å². The SMILES string of the molecule is CC(CCS(C)=O)NCc1cc(Cl)ccc1F. The van der Waals surface area contributed by atoms with Gasteiger partial charge in [0.15, 0.2) is 0 Å². The maximum atomic E-state index is 13.4. The minimum atomic E-state index is -0.777. The fourth-order valence-electron chi connectivity index (χ4n) is 1.41. The molecule has 17 heavy (non-hydrogen) atoms. The highest BCUT2D eigenvalue weighted by Gasteiger charge is 2.06. The Labute approximate surface area is 109 Å². The molecule has 5 heteroatoms. The fraction of sp³-hybridized carbons (Fsp3) is 0.500. The van der Waals surface area contributed by atoms with E-state index in [1.54, 1.807) is 12.3 Å². The molecule has 0 aliphatic rings. The third kappa shape index (κ3) is 5.61. The molecule has 0 bridgehead atoms. The van der Waals surface area contributed by atoms with Gasteiger partial charge in [0.25, 0.3) is 0 Å². The lowest BCUT2D eigenvalue weighted by Crippen LogP contribution is -2.27. The third-order valence-electron chi connectivity index (χ3n) is 2.49. The first-order chi connectivity index (χ1) is 7.99. The second-order valence-corrected chi connectivity index (χ2v) is 6.07. The van der Waals surface area contributed by atoms with Crippen molar-refractivity contribution >= 4 is 22.4 Å². The molecule has 0 heterocycles. The molecular formula is C12H17ClFNOS. The molecule has 1 aromatic rings. The number of halogens is 2. The average Bonchev–Trinajstić information content (AvgIpc) is 2.27. The smallest absolute Gasteiger partial charge is 0.127 e. The normalized spacial score (nSPS) is 14.6. The van der Waals surface area contributed by atoms with Crippen molar-refractivity contribution in [2.45, 2.75) is 25.9 Å². The first-order valence-electron chi connectivity index (χ1n) is 5.46. The molecule has 1 N–H and O–H groups in total. The molecule has 2 nitrogen and oxygen atoms in total. The van der Waals surface area contributed by atoms with Gasteiger partial charge in [-0.05, 0) is 31.5 Å². The topological polar surface area (TPSA) is 29.1 Å². The molecule has 0 saturated carbocycles. The summed E-state index contributed by atoms with van der Waals surface area (Å²) in [5, 5.41) is 3.72. The van der Waals surface area contributed by atoms with Crippen LogP contribution in [-0.2, 0) is 17.3 Å². The third-order valence-corrected chi connectivity index (χ3v) is 3.53. The number of rotatable bonds is 6. The van der Waals surface area contributed by atoms with Crippen LogP contribution in [0.3, 0.4) is 0 Å². The summed E-state index contributed by atoms with van der Waals surface area (Å²) in [6, 6.07) is 4.72. The Morgan fingerprint density at radius 1 is 1.53 bits per heavy atom. The molecule has 1 aromatic carbocycles. The number of benzene rings is 1. The zero-order valence-electron chi connectivity index (χ0n) is 10.0. The molecule has 0 spiro atoms. The van der Waals surface area contributed by atoms with E-state index in [0.29, 0.717) is 22.9 Å². The molecule has 1 rings (SSSR count). The second-order valence-electron chi connectivity index (χ2n) is 4.08. The van der Waals surface area contributed by atoms with Crippen LogP contribution in [-0.4, -0.2) is 22.3 Å². The van der Waals surface area contributed by atoms with Crippen LogP contribution in [0.2, 0.25) is 5.02 Å². The van der Waals surface area contributed by atoms with Crippen molar-refractivity contribution in [3.05, 3.63) is 34.6 Å². The van der Waals surface area contributed by atoms with Crippen molar-refractivity contribution in [3.63, 3.8) is 0 Å². The summed E-state index contributed by atoms with van der Waals surface area (Å²) in [6.45, 7) is 2.43. The van der Waals surface area contributed by atoms with Gasteiger partial charge < -0.3 is 5.32 Å². The molecule has 0 saturated heterocycles. The van der Waals surface area contributed by atoms with Gasteiger partial charge in [-0.1, -0.05) is 11.6 Å². The van der Waals surface area contributed by atoms with Gasteiger partial charge in [0.1, 0.15) is 5.82 Å². The van der Waals surface area contributed by atoms with Crippen molar-refractivity contribution in [1.29, 1.82) is 0 Å². The summed E-state index contributed by atoms with van der Waals surface area (Å²) < 4.78 is 24.3. The van der Waals surface area contributed by atoms with Gasteiger partial charge in [0, 0.05) is 46.0 Å². The Morgan fingerprint density at radius 2 is 2.24 bits per heavy atom. The highest BCUT2D eigenvalue weighted by Crippen LogP contribution is 2.14. The zero-order valence-corrected chi connectivity index (χ0v) is 11.6. The van der Waals surface area contributed by atoms with Gasteiger partial charge >= 0.3 is 0 Å². The van der Waals surface area contributed by atoms with Gasteiger partial charge in [-0.3, -0.25) is 4.21 Å². The molecular weight excluding hydrogens is 261 g/mol. The first kappa shape index (κ1) is 14.6. The summed E-state index contributed by atoms with van der Waals surface area (Å²) in [5.74, 6) is 0.403. The Bertz CT molecular complexity index is 400. The van der Waals surface area contributed by atoms with E-state index in [4.69, 9.17) is 11.6 Å². The summed E-state index contributed by atoms with van der Waals surface area (Å²) in [6.07, 6.45) is 2.49. The van der Waals surface area contributed by atoms with Crippen LogP contribution in [0.15, 0.2) is 18.2 Å². The van der Waals surface area contributed by atoms with E-state index >= 15 is 0 Å². The van der Waals surface area contributed by atoms with E-state index in [0.717, 1.165) is 6.42 Å². The Morgan fingerprint density at radius 3 is 2.88 bits per heavy atom. The van der Waals surface area contributed by atoms with Crippen LogP contribution < -0.4 is 5.32 Å². The standard InChI is InChI=1S/C12H17ClFNOS/c1-9(5-6-17(2)16)15-8-10-7-11(13)3-4-12(10)14/h3-4,7,9,15H,5-6,8H2,1-2H3. The highest BCUT2D eigenvalue weighted by molar-refractivity contribution is 7.84. The van der Waals surface area contributed by atoms with Crippen molar-refractivity contribution in [2.24, 2.45) is 0 Å². The first-order valence-corrected chi connectivity index (χ1v) is 7.57. The maximum Gasteiger partial charge on any atom is 0.127 e. The van der Waals surface area contributed by atoms with Crippen LogP contribution >= 0.6 is 11.6 Å². The summed E-state index contributed by atoms with van der Waals surface area (Å²) >= 11 is 5.80. The molecule has 0 aromatic heterocycles. The Hall–Kier alpha value is -0.450. The zero-order chi connectivity index (χ0) is 12.8. The van der Waals surface area contributed by atoms with E-state index in [2.05, 4.69) is 5.32 Å². The molecule has 0 fully saturated rings. The summed E-state index contributed by atoms with van der Waals surface area (Å²) in [5.41, 5.74) is 0.557. The van der Waals surface area contributed by atoms with Crippen LogP contribution in [0.1, 0.15) is 18.9 Å². The minimum Gasteiger partial charge on any atom is -0.310 e. The second kappa shape index (κ2) is 7.09. The van der Waals surface area contributed by atoms with E-state index < -0.39 is 10.8 Å². The monoisotopic (exact) mass is 277 g/mol. The van der Waals surface area contributed by atoms with E-state index in [-0.39, 0.29) is 11.9 Å². The van der Waals surface area contributed by atoms with Crippen LogP contribution in [0.25, 0.3) is 0 Å². The minimum absolute atomic E-state index is 0.206. The maximum absolute atomic E-state index is 13.4. The lowest BCUT2D eigenvalue weighted by atomic mass is 10.2. The number of nitrogens with one attached hydrogen (secondary N) is 1. The van der Waals surface area contributed by atoms with Crippen LogP contribution in [0.5, 0.6) is 0 Å². The van der Waals surface area contributed by atoms with Gasteiger partial charge in [-0.2, -0.15) is 0 Å². The van der Waals surface area contributed by atoms with Crippen molar-refractivity contribution in [3.8, 4) is 0 Å². The van der Waals surface area contributed by atoms with Gasteiger partial charge in [-0.15, -0.1) is 0 Å².